The molecule has 44 heavy (non-hydrogen) atoms. The van der Waals surface area contributed by atoms with Crippen LogP contribution >= 0.6 is 21.6 Å². The van der Waals surface area contributed by atoms with E-state index in [-0.39, 0.29) is 13.2 Å². The summed E-state index contributed by atoms with van der Waals surface area (Å²) in [5.41, 5.74) is 9.78. The van der Waals surface area contributed by atoms with Crippen molar-refractivity contribution in [1.82, 2.24) is 0 Å². The van der Waals surface area contributed by atoms with Gasteiger partial charge in [-0.1, -0.05) is 70.1 Å². The summed E-state index contributed by atoms with van der Waals surface area (Å²) in [6.07, 6.45) is 14.8. The summed E-state index contributed by atoms with van der Waals surface area (Å²) in [7, 11) is 3.90. The first-order valence-corrected chi connectivity index (χ1v) is 17.8. The molecular formula is C37H45N3O2S2+2. The topological polar surface area (TPSA) is 60.2 Å². The van der Waals surface area contributed by atoms with E-state index in [2.05, 4.69) is 104 Å². The van der Waals surface area contributed by atoms with Crippen molar-refractivity contribution in [2.75, 3.05) is 36.6 Å². The maximum absolute atomic E-state index is 9.08. The molecule has 0 fully saturated rings. The van der Waals surface area contributed by atoms with Crippen molar-refractivity contribution < 1.29 is 19.3 Å². The number of nitrogens with one attached hydrogen (secondary N) is 1. The first kappa shape index (κ1) is 33.5. The van der Waals surface area contributed by atoms with Crippen molar-refractivity contribution >= 4 is 50.6 Å². The fraction of sp³-hybridized carbons (Fsp3) is 0.297. The molecule has 4 aromatic rings. The molecule has 3 N–H and O–H groups in total. The van der Waals surface area contributed by atoms with Gasteiger partial charge in [-0.15, -0.1) is 0 Å². The number of aliphatic hydroxyl groups is 2. The molecule has 0 atom stereocenters. The van der Waals surface area contributed by atoms with Crippen LogP contribution in [-0.4, -0.2) is 41.5 Å². The van der Waals surface area contributed by atoms with Gasteiger partial charge in [-0.2, -0.15) is 0 Å². The number of pyridine rings is 2. The van der Waals surface area contributed by atoms with Crippen LogP contribution in [-0.2, 0) is 19.5 Å². The van der Waals surface area contributed by atoms with E-state index >= 15 is 0 Å². The minimum atomic E-state index is 0.150. The van der Waals surface area contributed by atoms with Gasteiger partial charge in [-0.3, -0.25) is 0 Å². The maximum atomic E-state index is 9.08. The van der Waals surface area contributed by atoms with Crippen LogP contribution < -0.4 is 14.5 Å². The number of rotatable bonds is 17. The van der Waals surface area contributed by atoms with Crippen LogP contribution in [0.25, 0.3) is 23.3 Å². The van der Waals surface area contributed by atoms with E-state index in [1.54, 1.807) is 0 Å². The van der Waals surface area contributed by atoms with E-state index in [4.69, 9.17) is 10.2 Å². The predicted molar refractivity (Wildman–Crippen MR) is 189 cm³/mol. The van der Waals surface area contributed by atoms with Gasteiger partial charge in [-0.25, -0.2) is 9.13 Å². The number of aryl methyl sites for hydroxylation is 1. The largest absolute Gasteiger partial charge is 0.390 e. The second-order valence-electron chi connectivity index (χ2n) is 10.8. The molecule has 2 aromatic carbocycles. The highest BCUT2D eigenvalue weighted by atomic mass is 33.1. The summed E-state index contributed by atoms with van der Waals surface area (Å²) >= 11 is 0. The summed E-state index contributed by atoms with van der Waals surface area (Å²) in [6, 6.07) is 25.9. The smallest absolute Gasteiger partial charge is 0.171 e. The van der Waals surface area contributed by atoms with Crippen molar-refractivity contribution in [3.8, 4) is 0 Å². The molecular weight excluding hydrogens is 583 g/mol. The van der Waals surface area contributed by atoms with Gasteiger partial charge < -0.3 is 15.5 Å². The zero-order chi connectivity index (χ0) is 31.0. The Kier molecular flexibility index (Phi) is 14.1. The van der Waals surface area contributed by atoms with Gasteiger partial charge in [0.05, 0.1) is 0 Å². The highest BCUT2D eigenvalue weighted by Gasteiger charge is 2.04. The molecule has 0 unspecified atom stereocenters. The summed E-state index contributed by atoms with van der Waals surface area (Å²) in [5, 5.41) is 21.7. The Balaban J connectivity index is 1.09. The van der Waals surface area contributed by atoms with Crippen molar-refractivity contribution in [3.63, 3.8) is 0 Å². The lowest BCUT2D eigenvalue weighted by Gasteiger charge is -2.07. The standard InChI is InChI=1S/C37H44N3O2S2/c1-30(35-13-18-39(19-14-35)22-24-41)28-33-7-5-32(6-8-33)4-3-26-43-44-27-17-38-37-11-9-34(10-12-37)29-31(2)36-15-20-40(21-16-36)23-25-42/h5-16,18-21,28-29,41-42H,3-4,17,22-27H2,1-2H3/q+1/p+1/b30-28+. The predicted octanol–water partition coefficient (Wildman–Crippen LogP) is 6.79. The SMILES string of the molecule is C/C(=C\c1ccc(CCCSSCCNc2ccc(/C=C(\C)c3cc[n+](CCO)cc3)cc2)cc1)c1cc[n+](CCO)cc1. The molecule has 0 saturated heterocycles. The molecule has 0 amide bonds. The molecule has 0 bridgehead atoms. The van der Waals surface area contributed by atoms with Gasteiger partial charge in [-0.05, 0) is 77.8 Å². The van der Waals surface area contributed by atoms with Crippen LogP contribution in [0.4, 0.5) is 5.69 Å². The molecule has 2 aromatic heterocycles. The van der Waals surface area contributed by atoms with Gasteiger partial charge in [0.15, 0.2) is 37.9 Å². The number of hydrogen-bond acceptors (Lipinski definition) is 5. The Morgan fingerprint density at radius 2 is 1.14 bits per heavy atom. The second-order valence-corrected chi connectivity index (χ2v) is 13.5. The minimum absolute atomic E-state index is 0.150. The Labute approximate surface area is 270 Å². The van der Waals surface area contributed by atoms with Crippen molar-refractivity contribution in [2.45, 2.75) is 39.8 Å². The number of allylic oxidation sites excluding steroid dienone is 2. The van der Waals surface area contributed by atoms with E-state index < -0.39 is 0 Å². The van der Waals surface area contributed by atoms with Crippen molar-refractivity contribution in [2.24, 2.45) is 0 Å². The molecule has 0 aliphatic heterocycles. The average Bonchev–Trinajstić information content (AvgIpc) is 3.05. The number of aliphatic hydroxyl groups excluding tert-OH is 2. The molecule has 0 spiro atoms. The third-order valence-corrected chi connectivity index (χ3v) is 9.85. The molecule has 0 radical (unpaired) electrons. The molecule has 230 valence electrons. The highest BCUT2D eigenvalue weighted by Crippen LogP contribution is 2.24. The fourth-order valence-corrected chi connectivity index (χ4v) is 6.80. The van der Waals surface area contributed by atoms with E-state index in [0.717, 1.165) is 30.2 Å². The zero-order valence-corrected chi connectivity index (χ0v) is 27.5. The summed E-state index contributed by atoms with van der Waals surface area (Å²) < 4.78 is 3.97. The molecule has 0 saturated carbocycles. The molecule has 0 aliphatic rings. The molecule has 7 heteroatoms. The van der Waals surface area contributed by atoms with Gasteiger partial charge >= 0.3 is 0 Å². The van der Waals surface area contributed by atoms with Crippen LogP contribution in [0.1, 0.15) is 48.1 Å². The van der Waals surface area contributed by atoms with Gasteiger partial charge in [0.2, 0.25) is 0 Å². The van der Waals surface area contributed by atoms with Crippen LogP contribution in [0.15, 0.2) is 97.6 Å². The Hall–Kier alpha value is -3.36. The van der Waals surface area contributed by atoms with Gasteiger partial charge in [0.25, 0.3) is 0 Å². The number of hydrogen-bond donors (Lipinski definition) is 3. The molecule has 5 nitrogen and oxygen atoms in total. The summed E-state index contributed by atoms with van der Waals surface area (Å²) in [5.74, 6) is 2.22. The third-order valence-electron chi connectivity index (χ3n) is 7.36. The average molecular weight is 628 g/mol. The first-order valence-electron chi connectivity index (χ1n) is 15.3. The van der Waals surface area contributed by atoms with E-state index in [9.17, 15) is 0 Å². The van der Waals surface area contributed by atoms with Gasteiger partial charge in [0.1, 0.15) is 13.2 Å². The van der Waals surface area contributed by atoms with Crippen LogP contribution in [0.2, 0.25) is 0 Å². The molecule has 0 aliphatic carbocycles. The fourth-order valence-electron chi connectivity index (χ4n) is 4.80. The number of benzene rings is 2. The number of anilines is 1. The normalized spacial score (nSPS) is 12.0. The zero-order valence-electron chi connectivity index (χ0n) is 25.9. The molecule has 2 heterocycles. The van der Waals surface area contributed by atoms with E-state index in [1.165, 1.54) is 45.4 Å². The monoisotopic (exact) mass is 627 g/mol. The lowest BCUT2D eigenvalue weighted by Crippen LogP contribution is -2.34. The quantitative estimate of drug-likeness (QED) is 0.0684. The third kappa shape index (κ3) is 11.3. The van der Waals surface area contributed by atoms with Crippen LogP contribution in [0.3, 0.4) is 0 Å². The molecule has 4 rings (SSSR count). The van der Waals surface area contributed by atoms with E-state index in [0.29, 0.717) is 13.1 Å². The van der Waals surface area contributed by atoms with Crippen LogP contribution in [0, 0.1) is 0 Å². The maximum Gasteiger partial charge on any atom is 0.171 e. The lowest BCUT2D eigenvalue weighted by molar-refractivity contribution is -0.698. The van der Waals surface area contributed by atoms with Crippen molar-refractivity contribution in [3.05, 3.63) is 125 Å². The first-order chi connectivity index (χ1) is 21.5. The number of aromatic nitrogens is 2. The van der Waals surface area contributed by atoms with E-state index in [1.807, 2.05) is 55.5 Å². The van der Waals surface area contributed by atoms with Gasteiger partial charge in [0, 0.05) is 48.0 Å². The van der Waals surface area contributed by atoms with Crippen molar-refractivity contribution in [1.29, 1.82) is 0 Å². The highest BCUT2D eigenvalue weighted by molar-refractivity contribution is 8.76. The summed E-state index contributed by atoms with van der Waals surface area (Å²) in [6.45, 7) is 6.76. The minimum Gasteiger partial charge on any atom is -0.390 e. The second kappa shape index (κ2) is 18.4. The summed E-state index contributed by atoms with van der Waals surface area (Å²) in [4.78, 5) is 0. The Morgan fingerprint density at radius 1 is 0.659 bits per heavy atom. The Morgan fingerprint density at radius 3 is 1.64 bits per heavy atom. The Bertz CT molecular complexity index is 1350. The van der Waals surface area contributed by atoms with Crippen LogP contribution in [0.5, 0.6) is 0 Å². The number of nitrogens with zero attached hydrogens (tertiary/aromatic N) is 2. The lowest BCUT2D eigenvalue weighted by atomic mass is 10.0.